The van der Waals surface area contributed by atoms with Crippen molar-refractivity contribution < 1.29 is 14.7 Å². The van der Waals surface area contributed by atoms with Gasteiger partial charge in [-0.15, -0.1) is 5.10 Å². The van der Waals surface area contributed by atoms with Gasteiger partial charge in [-0.3, -0.25) is 4.79 Å². The van der Waals surface area contributed by atoms with Crippen molar-refractivity contribution in [2.24, 2.45) is 5.41 Å². The van der Waals surface area contributed by atoms with Crippen LogP contribution in [0.2, 0.25) is 0 Å². The third kappa shape index (κ3) is 3.86. The number of carboxylic acids is 1. The van der Waals surface area contributed by atoms with Crippen LogP contribution in [0.1, 0.15) is 20.8 Å². The number of amides is 1. The van der Waals surface area contributed by atoms with Crippen molar-refractivity contribution in [1.29, 1.82) is 0 Å². The van der Waals surface area contributed by atoms with Crippen molar-refractivity contribution in [1.82, 2.24) is 20.3 Å². The Morgan fingerprint density at radius 3 is 2.53 bits per heavy atom. The first-order chi connectivity index (χ1) is 7.80. The Morgan fingerprint density at radius 2 is 2.12 bits per heavy atom. The molecule has 1 amide bonds. The standard InChI is InChI=1S/C10H16N4O3/c1-10(2,3)8(9(16)17)12-7(15)6-14-5-4-11-13-14/h4-5,8H,6H2,1-3H3,(H,12,15)(H,16,17)/t8-/m1/s1. The average Bonchev–Trinajstić information content (AvgIpc) is 2.64. The molecule has 2 N–H and O–H groups in total. The molecule has 0 bridgehead atoms. The summed E-state index contributed by atoms with van der Waals surface area (Å²) in [4.78, 5) is 22.6. The van der Waals surface area contributed by atoms with Gasteiger partial charge in [0.1, 0.15) is 12.6 Å². The van der Waals surface area contributed by atoms with Crippen LogP contribution in [-0.2, 0) is 16.1 Å². The fraction of sp³-hybridized carbons (Fsp3) is 0.600. The molecule has 1 rings (SSSR count). The first-order valence-corrected chi connectivity index (χ1v) is 5.17. The van der Waals surface area contributed by atoms with E-state index in [1.807, 2.05) is 0 Å². The summed E-state index contributed by atoms with van der Waals surface area (Å²) in [7, 11) is 0. The molecule has 0 spiro atoms. The van der Waals surface area contributed by atoms with Gasteiger partial charge in [0.15, 0.2) is 0 Å². The summed E-state index contributed by atoms with van der Waals surface area (Å²) in [5.41, 5.74) is -0.552. The molecule has 17 heavy (non-hydrogen) atoms. The molecule has 0 saturated heterocycles. The fourth-order valence-corrected chi connectivity index (χ4v) is 1.32. The predicted molar refractivity (Wildman–Crippen MR) is 59.0 cm³/mol. The maximum atomic E-state index is 11.6. The summed E-state index contributed by atoms with van der Waals surface area (Å²) in [5, 5.41) is 18.7. The van der Waals surface area contributed by atoms with Gasteiger partial charge in [0, 0.05) is 6.20 Å². The van der Waals surface area contributed by atoms with Gasteiger partial charge in [-0.25, -0.2) is 9.48 Å². The van der Waals surface area contributed by atoms with Gasteiger partial charge in [0.2, 0.25) is 5.91 Å². The Morgan fingerprint density at radius 1 is 1.47 bits per heavy atom. The van der Waals surface area contributed by atoms with Crippen molar-refractivity contribution >= 4 is 11.9 Å². The molecule has 0 radical (unpaired) electrons. The molecule has 0 aliphatic heterocycles. The van der Waals surface area contributed by atoms with Crippen LogP contribution in [0, 0.1) is 5.41 Å². The summed E-state index contributed by atoms with van der Waals surface area (Å²) in [5.74, 6) is -1.46. The molecule has 7 nitrogen and oxygen atoms in total. The van der Waals surface area contributed by atoms with E-state index in [2.05, 4.69) is 15.6 Å². The highest BCUT2D eigenvalue weighted by molar-refractivity contribution is 5.83. The zero-order chi connectivity index (χ0) is 13.1. The lowest BCUT2D eigenvalue weighted by molar-refractivity contribution is -0.145. The number of hydrogen-bond donors (Lipinski definition) is 2. The smallest absolute Gasteiger partial charge is 0.326 e. The molecule has 1 aromatic rings. The van der Waals surface area contributed by atoms with Crippen LogP contribution in [0.3, 0.4) is 0 Å². The summed E-state index contributed by atoms with van der Waals surface area (Å²) in [6.07, 6.45) is 2.98. The minimum Gasteiger partial charge on any atom is -0.480 e. The lowest BCUT2D eigenvalue weighted by Gasteiger charge is -2.27. The van der Waals surface area contributed by atoms with Crippen molar-refractivity contribution in [3.63, 3.8) is 0 Å². The Balaban J connectivity index is 2.62. The van der Waals surface area contributed by atoms with E-state index in [-0.39, 0.29) is 6.54 Å². The normalized spacial score (nSPS) is 13.1. The maximum absolute atomic E-state index is 11.6. The van der Waals surface area contributed by atoms with E-state index < -0.39 is 23.3 Å². The van der Waals surface area contributed by atoms with Gasteiger partial charge in [0.25, 0.3) is 0 Å². The summed E-state index contributed by atoms with van der Waals surface area (Å²) >= 11 is 0. The SMILES string of the molecule is CC(C)(C)[C@H](NC(=O)Cn1ccnn1)C(=O)O. The Labute approximate surface area is 98.8 Å². The lowest BCUT2D eigenvalue weighted by Crippen LogP contribution is -2.50. The molecular formula is C10H16N4O3. The minimum absolute atomic E-state index is 0.0418. The monoisotopic (exact) mass is 240 g/mol. The van der Waals surface area contributed by atoms with Crippen LogP contribution < -0.4 is 5.32 Å². The average molecular weight is 240 g/mol. The zero-order valence-electron chi connectivity index (χ0n) is 10.0. The lowest BCUT2D eigenvalue weighted by atomic mass is 9.87. The first kappa shape index (κ1) is 13.1. The second kappa shape index (κ2) is 4.94. The van der Waals surface area contributed by atoms with E-state index >= 15 is 0 Å². The molecule has 7 heteroatoms. The third-order valence-corrected chi connectivity index (χ3v) is 2.20. The van der Waals surface area contributed by atoms with E-state index in [9.17, 15) is 9.59 Å². The van der Waals surface area contributed by atoms with Gasteiger partial charge in [-0.1, -0.05) is 26.0 Å². The fourth-order valence-electron chi connectivity index (χ4n) is 1.32. The van der Waals surface area contributed by atoms with E-state index in [0.29, 0.717) is 0 Å². The number of aromatic nitrogens is 3. The Bertz CT molecular complexity index is 394. The highest BCUT2D eigenvalue weighted by Crippen LogP contribution is 2.19. The molecule has 0 fully saturated rings. The van der Waals surface area contributed by atoms with Crippen LogP contribution >= 0.6 is 0 Å². The van der Waals surface area contributed by atoms with E-state index in [4.69, 9.17) is 5.11 Å². The number of carbonyl (C=O) groups excluding carboxylic acids is 1. The molecule has 0 saturated carbocycles. The van der Waals surface area contributed by atoms with Crippen molar-refractivity contribution in [3.05, 3.63) is 12.4 Å². The highest BCUT2D eigenvalue weighted by Gasteiger charge is 2.32. The molecule has 1 aromatic heterocycles. The Kier molecular flexibility index (Phi) is 3.82. The second-order valence-corrected chi connectivity index (χ2v) is 4.81. The minimum atomic E-state index is -1.05. The predicted octanol–water partition coefficient (Wildman–Crippen LogP) is -0.106. The van der Waals surface area contributed by atoms with Crippen molar-refractivity contribution in [2.45, 2.75) is 33.4 Å². The maximum Gasteiger partial charge on any atom is 0.326 e. The zero-order valence-corrected chi connectivity index (χ0v) is 10.0. The number of carboxylic acid groups (broad SMARTS) is 1. The topological polar surface area (TPSA) is 97.1 Å². The molecule has 0 unspecified atom stereocenters. The van der Waals surface area contributed by atoms with Gasteiger partial charge >= 0.3 is 5.97 Å². The van der Waals surface area contributed by atoms with Gasteiger partial charge < -0.3 is 10.4 Å². The van der Waals surface area contributed by atoms with Gasteiger partial charge in [-0.2, -0.15) is 0 Å². The van der Waals surface area contributed by atoms with Crippen LogP contribution in [0.15, 0.2) is 12.4 Å². The molecule has 0 aliphatic carbocycles. The first-order valence-electron chi connectivity index (χ1n) is 5.17. The largest absolute Gasteiger partial charge is 0.480 e. The number of hydrogen-bond acceptors (Lipinski definition) is 4. The summed E-state index contributed by atoms with van der Waals surface area (Å²) < 4.78 is 1.33. The van der Waals surface area contributed by atoms with E-state index in [0.717, 1.165) is 0 Å². The molecule has 1 heterocycles. The summed E-state index contributed by atoms with van der Waals surface area (Å²) in [6, 6.07) is -0.932. The molecule has 0 aromatic carbocycles. The van der Waals surface area contributed by atoms with Crippen LogP contribution in [0.25, 0.3) is 0 Å². The Hall–Kier alpha value is -1.92. The van der Waals surface area contributed by atoms with Crippen LogP contribution in [-0.4, -0.2) is 38.0 Å². The molecular weight excluding hydrogens is 224 g/mol. The van der Waals surface area contributed by atoms with Crippen LogP contribution in [0.4, 0.5) is 0 Å². The number of nitrogens with one attached hydrogen (secondary N) is 1. The summed E-state index contributed by atoms with van der Waals surface area (Å²) in [6.45, 7) is 5.21. The molecule has 1 atom stereocenters. The van der Waals surface area contributed by atoms with E-state index in [1.54, 1.807) is 20.8 Å². The number of nitrogens with zero attached hydrogens (tertiary/aromatic N) is 3. The molecule has 94 valence electrons. The number of rotatable bonds is 4. The second-order valence-electron chi connectivity index (χ2n) is 4.81. The quantitative estimate of drug-likeness (QED) is 0.765. The van der Waals surface area contributed by atoms with E-state index in [1.165, 1.54) is 17.1 Å². The van der Waals surface area contributed by atoms with Gasteiger partial charge in [0.05, 0.1) is 6.20 Å². The highest BCUT2D eigenvalue weighted by atomic mass is 16.4. The third-order valence-electron chi connectivity index (χ3n) is 2.20. The van der Waals surface area contributed by atoms with Crippen molar-refractivity contribution in [2.75, 3.05) is 0 Å². The number of aliphatic carboxylic acids is 1. The van der Waals surface area contributed by atoms with Crippen LogP contribution in [0.5, 0.6) is 0 Å². The van der Waals surface area contributed by atoms with Gasteiger partial charge in [-0.05, 0) is 5.41 Å². The number of carbonyl (C=O) groups is 2. The molecule has 0 aliphatic rings. The van der Waals surface area contributed by atoms with Crippen molar-refractivity contribution in [3.8, 4) is 0 Å².